The molecule has 0 unspecified atom stereocenters. The van der Waals surface area contributed by atoms with Crippen LogP contribution < -0.4 is 25.6 Å². The fourth-order valence-electron chi connectivity index (χ4n) is 2.20. The minimum Gasteiger partial charge on any atom is -0.497 e. The molecule has 2 aromatic rings. The molecule has 0 aliphatic rings. The van der Waals surface area contributed by atoms with Gasteiger partial charge in [0.05, 0.1) is 25.7 Å². The highest BCUT2D eigenvalue weighted by molar-refractivity contribution is 5.98. The first-order chi connectivity index (χ1) is 13.8. The van der Waals surface area contributed by atoms with E-state index in [1.54, 1.807) is 6.07 Å². The van der Waals surface area contributed by atoms with Crippen LogP contribution in [0.15, 0.2) is 42.5 Å². The SMILES string of the molecule is COc1cc(OC)cc(C(=O)NNC(=O)CNC(=O)c2cccc([N+](=O)[O-])c2)c1. The minimum absolute atomic E-state index is 0.0273. The number of nitrogens with one attached hydrogen (secondary N) is 3. The highest BCUT2D eigenvalue weighted by Gasteiger charge is 2.14. The maximum Gasteiger partial charge on any atom is 0.270 e. The predicted molar refractivity (Wildman–Crippen MR) is 101 cm³/mol. The molecule has 11 nitrogen and oxygen atoms in total. The number of methoxy groups -OCH3 is 2. The third-order valence-corrected chi connectivity index (χ3v) is 3.66. The van der Waals surface area contributed by atoms with E-state index in [9.17, 15) is 24.5 Å². The number of nitro groups is 1. The molecular formula is C18H18N4O7. The summed E-state index contributed by atoms with van der Waals surface area (Å²) in [5, 5.41) is 13.0. The van der Waals surface area contributed by atoms with Gasteiger partial charge in [0, 0.05) is 29.3 Å². The summed E-state index contributed by atoms with van der Waals surface area (Å²) in [6.45, 7) is -0.455. The second-order valence-electron chi connectivity index (χ2n) is 5.59. The maximum absolute atomic E-state index is 12.2. The molecule has 0 radical (unpaired) electrons. The van der Waals surface area contributed by atoms with Gasteiger partial charge in [-0.3, -0.25) is 35.3 Å². The normalized spacial score (nSPS) is 9.86. The van der Waals surface area contributed by atoms with Crippen molar-refractivity contribution in [3.05, 3.63) is 63.7 Å². The van der Waals surface area contributed by atoms with Gasteiger partial charge in [0.2, 0.25) is 0 Å². The zero-order valence-electron chi connectivity index (χ0n) is 15.6. The van der Waals surface area contributed by atoms with Crippen molar-refractivity contribution in [1.29, 1.82) is 0 Å². The molecule has 0 saturated heterocycles. The Kier molecular flexibility index (Phi) is 7.07. The molecule has 0 heterocycles. The monoisotopic (exact) mass is 402 g/mol. The maximum atomic E-state index is 12.2. The standard InChI is InChI=1S/C18H18N4O7/c1-28-14-7-12(8-15(9-14)29-2)18(25)21-20-16(23)10-19-17(24)11-4-3-5-13(6-11)22(26)27/h3-9H,10H2,1-2H3,(H,19,24)(H,20,23)(H,21,25). The number of benzene rings is 2. The van der Waals surface area contributed by atoms with Gasteiger partial charge in [-0.05, 0) is 18.2 Å². The summed E-state index contributed by atoms with van der Waals surface area (Å²) in [6.07, 6.45) is 0. The Morgan fingerprint density at radius 2 is 1.59 bits per heavy atom. The first-order valence-corrected chi connectivity index (χ1v) is 8.19. The smallest absolute Gasteiger partial charge is 0.270 e. The van der Waals surface area contributed by atoms with Gasteiger partial charge in [-0.2, -0.15) is 0 Å². The molecule has 0 bridgehead atoms. The molecule has 0 aliphatic carbocycles. The van der Waals surface area contributed by atoms with Gasteiger partial charge in [-0.25, -0.2) is 0 Å². The zero-order valence-corrected chi connectivity index (χ0v) is 15.6. The first kappa shape index (κ1) is 21.2. The Hall–Kier alpha value is -4.15. The van der Waals surface area contributed by atoms with Gasteiger partial charge in [-0.15, -0.1) is 0 Å². The van der Waals surface area contributed by atoms with Crippen LogP contribution in [-0.4, -0.2) is 43.4 Å². The fraction of sp³-hybridized carbons (Fsp3) is 0.167. The number of hydrogen-bond donors (Lipinski definition) is 3. The number of amides is 3. The molecule has 11 heteroatoms. The van der Waals surface area contributed by atoms with Crippen molar-refractivity contribution in [3.8, 4) is 11.5 Å². The number of hydrazine groups is 1. The summed E-state index contributed by atoms with van der Waals surface area (Å²) in [5.41, 5.74) is 4.31. The fourth-order valence-corrected chi connectivity index (χ4v) is 2.20. The molecule has 2 aromatic carbocycles. The first-order valence-electron chi connectivity index (χ1n) is 8.19. The molecule has 0 spiro atoms. The highest BCUT2D eigenvalue weighted by Crippen LogP contribution is 2.22. The van der Waals surface area contributed by atoms with E-state index in [1.165, 1.54) is 44.6 Å². The molecular weight excluding hydrogens is 384 g/mol. The third kappa shape index (κ3) is 5.92. The minimum atomic E-state index is -0.702. The van der Waals surface area contributed by atoms with Crippen molar-refractivity contribution in [2.45, 2.75) is 0 Å². The lowest BCUT2D eigenvalue weighted by molar-refractivity contribution is -0.384. The quantitative estimate of drug-likeness (QED) is 0.458. The van der Waals surface area contributed by atoms with Crippen LogP contribution in [0.5, 0.6) is 11.5 Å². The summed E-state index contributed by atoms with van der Waals surface area (Å²) in [5.74, 6) is -1.21. The molecule has 2 rings (SSSR count). The van der Waals surface area contributed by atoms with Crippen LogP contribution in [0.2, 0.25) is 0 Å². The van der Waals surface area contributed by atoms with Crippen LogP contribution in [0.3, 0.4) is 0 Å². The van der Waals surface area contributed by atoms with Crippen molar-refractivity contribution in [2.24, 2.45) is 0 Å². The third-order valence-electron chi connectivity index (χ3n) is 3.66. The molecule has 3 amide bonds. The van der Waals surface area contributed by atoms with E-state index in [0.717, 1.165) is 6.07 Å². The van der Waals surface area contributed by atoms with Gasteiger partial charge in [0.1, 0.15) is 11.5 Å². The Balaban J connectivity index is 1.88. The lowest BCUT2D eigenvalue weighted by atomic mass is 10.2. The van der Waals surface area contributed by atoms with E-state index in [0.29, 0.717) is 11.5 Å². The van der Waals surface area contributed by atoms with Crippen LogP contribution in [0.25, 0.3) is 0 Å². The van der Waals surface area contributed by atoms with Crippen molar-refractivity contribution in [3.63, 3.8) is 0 Å². The molecule has 0 fully saturated rings. The van der Waals surface area contributed by atoms with Crippen LogP contribution in [-0.2, 0) is 4.79 Å². The number of carbonyl (C=O) groups excluding carboxylic acids is 3. The molecule has 3 N–H and O–H groups in total. The van der Waals surface area contributed by atoms with Crippen molar-refractivity contribution >= 4 is 23.4 Å². The Bertz CT molecular complexity index is 923. The lowest BCUT2D eigenvalue weighted by Crippen LogP contribution is -2.46. The summed E-state index contributed by atoms with van der Waals surface area (Å²) < 4.78 is 10.1. The van der Waals surface area contributed by atoms with Crippen LogP contribution in [0.1, 0.15) is 20.7 Å². The highest BCUT2D eigenvalue weighted by atomic mass is 16.6. The van der Waals surface area contributed by atoms with E-state index < -0.39 is 29.2 Å². The average molecular weight is 402 g/mol. The number of rotatable bonds is 7. The molecule has 0 saturated carbocycles. The van der Waals surface area contributed by atoms with Gasteiger partial charge in [0.15, 0.2) is 0 Å². The Labute approximate surface area is 165 Å². The van der Waals surface area contributed by atoms with Gasteiger partial charge in [-0.1, -0.05) is 6.07 Å². The van der Waals surface area contributed by atoms with Crippen LogP contribution in [0.4, 0.5) is 5.69 Å². The number of carbonyl (C=O) groups is 3. The zero-order chi connectivity index (χ0) is 21.4. The van der Waals surface area contributed by atoms with Gasteiger partial charge >= 0.3 is 0 Å². The van der Waals surface area contributed by atoms with Gasteiger partial charge in [0.25, 0.3) is 23.4 Å². The summed E-state index contributed by atoms with van der Waals surface area (Å²) in [7, 11) is 2.87. The van der Waals surface area contributed by atoms with E-state index in [-0.39, 0.29) is 16.8 Å². The number of nitrogens with zero attached hydrogens (tertiary/aromatic N) is 1. The number of nitro benzene ring substituents is 1. The Morgan fingerprint density at radius 1 is 0.931 bits per heavy atom. The lowest BCUT2D eigenvalue weighted by Gasteiger charge is -2.10. The van der Waals surface area contributed by atoms with Crippen molar-refractivity contribution in [1.82, 2.24) is 16.2 Å². The predicted octanol–water partition coefficient (Wildman–Crippen LogP) is 0.803. The summed E-state index contributed by atoms with van der Waals surface area (Å²) >= 11 is 0. The summed E-state index contributed by atoms with van der Waals surface area (Å²) in [6, 6.07) is 9.55. The average Bonchev–Trinajstić information content (AvgIpc) is 2.75. The van der Waals surface area contributed by atoms with E-state index in [1.807, 2.05) is 0 Å². The topological polar surface area (TPSA) is 149 Å². The molecule has 29 heavy (non-hydrogen) atoms. The molecule has 0 aromatic heterocycles. The summed E-state index contributed by atoms with van der Waals surface area (Å²) in [4.78, 5) is 46.1. The Morgan fingerprint density at radius 3 is 2.17 bits per heavy atom. The number of hydrogen-bond acceptors (Lipinski definition) is 7. The molecule has 0 atom stereocenters. The second-order valence-corrected chi connectivity index (χ2v) is 5.59. The van der Waals surface area contributed by atoms with Crippen LogP contribution >= 0.6 is 0 Å². The second kappa shape index (κ2) is 9.69. The van der Waals surface area contributed by atoms with Gasteiger partial charge < -0.3 is 14.8 Å². The van der Waals surface area contributed by atoms with E-state index in [4.69, 9.17) is 9.47 Å². The van der Waals surface area contributed by atoms with E-state index in [2.05, 4.69) is 16.2 Å². The molecule has 0 aliphatic heterocycles. The number of ether oxygens (including phenoxy) is 2. The molecule has 152 valence electrons. The number of non-ortho nitro benzene ring substituents is 1. The van der Waals surface area contributed by atoms with Crippen molar-refractivity contribution in [2.75, 3.05) is 20.8 Å². The largest absolute Gasteiger partial charge is 0.497 e. The van der Waals surface area contributed by atoms with E-state index >= 15 is 0 Å². The van der Waals surface area contributed by atoms with Crippen LogP contribution in [0, 0.1) is 10.1 Å². The van der Waals surface area contributed by atoms with Crippen molar-refractivity contribution < 1.29 is 28.8 Å².